The number of hydrogen-bond donors (Lipinski definition) is 4. The molecule has 1 aromatic rings. The molecule has 1 fully saturated rings. The lowest BCUT2D eigenvalue weighted by atomic mass is 9.91. The van der Waals surface area contributed by atoms with E-state index < -0.39 is 94.5 Å². The molecule has 1 aromatic heterocycles. The van der Waals surface area contributed by atoms with Crippen molar-refractivity contribution >= 4 is 0 Å². The van der Waals surface area contributed by atoms with Crippen molar-refractivity contribution in [2.24, 2.45) is 0 Å². The van der Waals surface area contributed by atoms with Crippen LogP contribution in [0, 0.1) is 0 Å². The molecular weight excluding hydrogens is 551 g/mol. The summed E-state index contributed by atoms with van der Waals surface area (Å²) in [5, 5.41) is 28.3. The van der Waals surface area contributed by atoms with Crippen LogP contribution in [0.25, 0.3) is 0 Å². The maximum atomic E-state index is 14.4. The van der Waals surface area contributed by atoms with Gasteiger partial charge < -0.3 is 20.1 Å². The fourth-order valence-electron chi connectivity index (χ4n) is 2.95. The first-order valence-corrected chi connectivity index (χ1v) is 8.86. The quantitative estimate of drug-likeness (QED) is 0.372. The summed E-state index contributed by atoms with van der Waals surface area (Å²) in [7, 11) is 0. The van der Waals surface area contributed by atoms with Crippen LogP contribution in [0.5, 0.6) is 0 Å². The molecule has 4 atom stereocenters. The first-order valence-electron chi connectivity index (χ1n) is 8.86. The van der Waals surface area contributed by atoms with E-state index in [2.05, 4.69) is 4.74 Å². The van der Waals surface area contributed by atoms with E-state index in [4.69, 9.17) is 5.11 Å². The summed E-state index contributed by atoms with van der Waals surface area (Å²) in [6.07, 6.45) is -17.1. The Morgan fingerprint density at radius 1 is 0.806 bits per heavy atom. The number of aromatic nitrogens is 2. The summed E-state index contributed by atoms with van der Waals surface area (Å²) in [5.41, 5.74) is -7.69. The Morgan fingerprint density at radius 3 is 1.69 bits per heavy atom. The molecular formula is C15H11F13N2O6. The molecule has 0 saturated carbocycles. The lowest BCUT2D eigenvalue weighted by Crippen LogP contribution is -2.69. The third kappa shape index (κ3) is 3.95. The average molecular weight is 562 g/mol. The van der Waals surface area contributed by atoms with E-state index in [0.717, 1.165) is 4.98 Å². The summed E-state index contributed by atoms with van der Waals surface area (Å²) in [4.78, 5) is 24.3. The van der Waals surface area contributed by atoms with Gasteiger partial charge in [0.1, 0.15) is 23.9 Å². The molecule has 0 aromatic carbocycles. The summed E-state index contributed by atoms with van der Waals surface area (Å²) in [6, 6.07) is 0. The van der Waals surface area contributed by atoms with Gasteiger partial charge >= 0.3 is 41.5 Å². The molecule has 1 saturated heterocycles. The molecule has 36 heavy (non-hydrogen) atoms. The van der Waals surface area contributed by atoms with Crippen LogP contribution in [0.1, 0.15) is 11.8 Å². The maximum Gasteiger partial charge on any atom is 0.460 e. The highest BCUT2D eigenvalue weighted by Crippen LogP contribution is 2.61. The number of nitrogens with zero attached hydrogens (tertiary/aromatic N) is 1. The Labute approximate surface area is 187 Å². The van der Waals surface area contributed by atoms with Crippen LogP contribution in [0.3, 0.4) is 0 Å². The van der Waals surface area contributed by atoms with Crippen molar-refractivity contribution in [1.29, 1.82) is 0 Å². The Balaban J connectivity index is 2.70. The normalized spacial score (nSPS) is 24.9. The highest BCUT2D eigenvalue weighted by atomic mass is 19.4. The molecule has 21 heteroatoms. The zero-order valence-corrected chi connectivity index (χ0v) is 16.5. The Kier molecular flexibility index (Phi) is 7.11. The molecule has 0 amide bonds. The molecule has 4 N–H and O–H groups in total. The molecule has 1 aliphatic heterocycles. The molecule has 1 aliphatic rings. The minimum atomic E-state index is -8.21. The zero-order chi connectivity index (χ0) is 28.4. The maximum absolute atomic E-state index is 14.4. The van der Waals surface area contributed by atoms with Crippen LogP contribution in [-0.2, 0) is 10.7 Å². The van der Waals surface area contributed by atoms with E-state index in [0.29, 0.717) is 0 Å². The van der Waals surface area contributed by atoms with Crippen molar-refractivity contribution in [2.75, 3.05) is 6.61 Å². The van der Waals surface area contributed by atoms with Gasteiger partial charge in [-0.15, -0.1) is 0 Å². The minimum Gasteiger partial charge on any atom is -0.394 e. The number of alkyl halides is 13. The summed E-state index contributed by atoms with van der Waals surface area (Å²) in [6.45, 7) is -1.12. The van der Waals surface area contributed by atoms with Crippen LogP contribution in [-0.4, -0.2) is 79.7 Å². The largest absolute Gasteiger partial charge is 0.460 e. The fraction of sp³-hybridized carbons (Fsp3) is 0.733. The summed E-state index contributed by atoms with van der Waals surface area (Å²) < 4.78 is 178. The van der Waals surface area contributed by atoms with Crippen LogP contribution in [0.2, 0.25) is 0 Å². The fourth-order valence-corrected chi connectivity index (χ4v) is 2.95. The van der Waals surface area contributed by atoms with Gasteiger partial charge in [0.25, 0.3) is 5.56 Å². The second-order valence-electron chi connectivity index (χ2n) is 7.31. The van der Waals surface area contributed by atoms with E-state index in [1.54, 1.807) is 0 Å². The highest BCUT2D eigenvalue weighted by Gasteiger charge is 2.91. The molecule has 0 spiro atoms. The number of nitrogens with one attached hydrogen (secondary N) is 1. The number of aromatic amines is 1. The third-order valence-electron chi connectivity index (χ3n) is 5.03. The minimum absolute atomic E-state index is 0.453. The van der Waals surface area contributed by atoms with E-state index in [-0.39, 0.29) is 0 Å². The van der Waals surface area contributed by atoms with Gasteiger partial charge in [-0.1, -0.05) is 0 Å². The molecule has 0 radical (unpaired) electrons. The zero-order valence-electron chi connectivity index (χ0n) is 16.5. The first kappa shape index (κ1) is 29.8. The van der Waals surface area contributed by atoms with Crippen LogP contribution in [0.15, 0.2) is 15.8 Å². The predicted molar refractivity (Wildman–Crippen MR) is 84.1 cm³/mol. The van der Waals surface area contributed by atoms with Crippen LogP contribution in [0.4, 0.5) is 57.1 Å². The Bertz CT molecular complexity index is 1100. The van der Waals surface area contributed by atoms with Crippen molar-refractivity contribution in [1.82, 2.24) is 9.55 Å². The van der Waals surface area contributed by atoms with Gasteiger partial charge in [0.05, 0.1) is 6.61 Å². The standard InChI is InChI=1S/C15H11F13N2O6/c16-10(17,11(18,19)12(20,21)13(22,23)14(24,25)15(26,27)28)3-1-30(9(35)29-7(3)34)8-6(33)5(32)4(2-31)36-8/h1,4-6,8,31-33H,2H2,(H,29,34,35)/t4-,5-,6-,8-/m1/s1. The Morgan fingerprint density at radius 2 is 1.28 bits per heavy atom. The van der Waals surface area contributed by atoms with Crippen molar-refractivity contribution in [3.8, 4) is 0 Å². The topological polar surface area (TPSA) is 125 Å². The van der Waals surface area contributed by atoms with E-state index >= 15 is 0 Å². The van der Waals surface area contributed by atoms with Crippen LogP contribution >= 0.6 is 0 Å². The number of aliphatic hydroxyl groups is 3. The van der Waals surface area contributed by atoms with Gasteiger partial charge in [0.15, 0.2) is 6.23 Å². The predicted octanol–water partition coefficient (Wildman–Crippen LogP) is 1.34. The second kappa shape index (κ2) is 8.58. The number of H-pyrrole nitrogens is 1. The molecule has 0 unspecified atom stereocenters. The van der Waals surface area contributed by atoms with Crippen molar-refractivity contribution in [3.05, 3.63) is 32.6 Å². The first-order chi connectivity index (χ1) is 15.9. The van der Waals surface area contributed by atoms with Gasteiger partial charge in [-0.2, -0.15) is 57.1 Å². The summed E-state index contributed by atoms with van der Waals surface area (Å²) >= 11 is 0. The molecule has 8 nitrogen and oxygen atoms in total. The molecule has 0 aliphatic carbocycles. The van der Waals surface area contributed by atoms with Gasteiger partial charge in [0.2, 0.25) is 0 Å². The molecule has 208 valence electrons. The lowest BCUT2D eigenvalue weighted by molar-refractivity contribution is -0.441. The molecule has 2 heterocycles. The van der Waals surface area contributed by atoms with Gasteiger partial charge in [0, 0.05) is 6.20 Å². The van der Waals surface area contributed by atoms with Gasteiger partial charge in [-0.05, 0) is 0 Å². The smallest absolute Gasteiger partial charge is 0.394 e. The molecule has 0 bridgehead atoms. The van der Waals surface area contributed by atoms with Crippen LogP contribution < -0.4 is 11.2 Å². The number of halogens is 13. The third-order valence-corrected chi connectivity index (χ3v) is 5.03. The second-order valence-corrected chi connectivity index (χ2v) is 7.31. The SMILES string of the molecule is O=c1[nH]c(=O)n([C@@H]2O[C@H](CO)[C@@H](O)[C@H]2O)cc1C(F)(F)C(F)(F)C(F)(F)C(F)(F)C(F)(F)C(F)(F)F. The lowest BCUT2D eigenvalue weighted by Gasteiger charge is -2.39. The van der Waals surface area contributed by atoms with Gasteiger partial charge in [-0.3, -0.25) is 14.3 Å². The van der Waals surface area contributed by atoms with E-state index in [1.807, 2.05) is 0 Å². The van der Waals surface area contributed by atoms with E-state index in [1.165, 1.54) is 0 Å². The Hall–Kier alpha value is -2.39. The number of rotatable bonds is 7. The van der Waals surface area contributed by atoms with Crippen molar-refractivity contribution < 1.29 is 77.1 Å². The number of aliphatic hydroxyl groups excluding tert-OH is 3. The van der Waals surface area contributed by atoms with Gasteiger partial charge in [-0.25, -0.2) is 4.79 Å². The number of ether oxygens (including phenoxy) is 1. The number of hydrogen-bond acceptors (Lipinski definition) is 6. The summed E-state index contributed by atoms with van der Waals surface area (Å²) in [5.74, 6) is -39.3. The average Bonchev–Trinajstić information content (AvgIpc) is 3.00. The monoisotopic (exact) mass is 562 g/mol. The van der Waals surface area contributed by atoms with Crippen molar-refractivity contribution in [2.45, 2.75) is 60.3 Å². The highest BCUT2D eigenvalue weighted by molar-refractivity contribution is 5.21. The van der Waals surface area contributed by atoms with E-state index in [9.17, 15) is 76.9 Å². The van der Waals surface area contributed by atoms with Crippen molar-refractivity contribution in [3.63, 3.8) is 0 Å². The molecule has 2 rings (SSSR count).